The van der Waals surface area contributed by atoms with Gasteiger partial charge >= 0.3 is 205 Å². The predicted octanol–water partition coefficient (Wildman–Crippen LogP) is 8.05. The standard InChI is InChI=1S/C28H38N2O2.C12H10O2.Co/c1-27(2,3)21-13-9-11-19(25(21)31)17-29-23-15-7-8-16-24(23)30-18-20-12-10-14-22(26(20)32)28(4,5)6;13-10-6-8-12(9-7-10)14-11-4-2-1-3-5-11;/h9-14,17-18,23-24,31-32H,7-8,15-16H2,1-6H3;1-9,13H;/q;;+2/p-1. The summed E-state index contributed by atoms with van der Waals surface area (Å²) in [6, 6.07) is 28.7. The second-order valence-electron chi connectivity index (χ2n) is 14.3. The van der Waals surface area contributed by atoms with Gasteiger partial charge in [-0.25, -0.2) is 0 Å². The number of phenolic OH excluding ortho intramolecular Hbond substituents is 2. The molecule has 1 saturated carbocycles. The zero-order chi connectivity index (χ0) is 33.8. The molecule has 0 spiro atoms. The van der Waals surface area contributed by atoms with Crippen molar-refractivity contribution >= 4 is 12.4 Å². The molecule has 2 aliphatic rings. The van der Waals surface area contributed by atoms with Crippen molar-refractivity contribution in [3.8, 4) is 28.7 Å². The summed E-state index contributed by atoms with van der Waals surface area (Å²) in [6.45, 7) is 12.8. The molecular formula is C40H47CoN2O4+. The predicted molar refractivity (Wildman–Crippen MR) is 183 cm³/mol. The van der Waals surface area contributed by atoms with Gasteiger partial charge in [0.25, 0.3) is 0 Å². The Bertz CT molecular complexity index is 1650. The molecule has 0 bridgehead atoms. The number of nitrogens with zero attached hydrogens (tertiary/aromatic N) is 2. The van der Waals surface area contributed by atoms with E-state index in [9.17, 15) is 15.3 Å². The second-order valence-corrected chi connectivity index (χ2v) is 15.5. The molecule has 6 rings (SSSR count). The second kappa shape index (κ2) is 14.4. The number of hydrogen-bond acceptors (Lipinski definition) is 4. The summed E-state index contributed by atoms with van der Waals surface area (Å²) in [5.41, 5.74) is 3.46. The van der Waals surface area contributed by atoms with Gasteiger partial charge in [-0.2, -0.15) is 0 Å². The molecule has 4 aromatic rings. The van der Waals surface area contributed by atoms with Crippen LogP contribution in [0.2, 0.25) is 0 Å². The fraction of sp³-hybridized carbons (Fsp3) is 0.350. The Morgan fingerprint density at radius 3 is 1.53 bits per heavy atom. The van der Waals surface area contributed by atoms with E-state index >= 15 is 0 Å². The average molecular weight is 679 g/mol. The van der Waals surface area contributed by atoms with Gasteiger partial charge in [-0.3, -0.25) is 0 Å². The maximum atomic E-state index is 11.0. The number of hydrogen-bond donors (Lipinski definition) is 2. The van der Waals surface area contributed by atoms with Crippen LogP contribution >= 0.6 is 0 Å². The van der Waals surface area contributed by atoms with Crippen LogP contribution in [-0.4, -0.2) is 42.0 Å². The molecule has 1 aliphatic heterocycles. The molecule has 7 heteroatoms. The number of benzene rings is 4. The molecule has 249 valence electrons. The minimum Gasteiger partial charge on any atom is -0.872 e. The smallest absolute Gasteiger partial charge is 0.127 e. The zero-order valence-electron chi connectivity index (χ0n) is 28.2. The van der Waals surface area contributed by atoms with Crippen molar-refractivity contribution in [1.82, 2.24) is 0 Å². The molecule has 1 aliphatic carbocycles. The first kappa shape index (κ1) is 34.3. The first-order valence-electron chi connectivity index (χ1n) is 16.3. The van der Waals surface area contributed by atoms with Gasteiger partial charge < -0.3 is 9.84 Å². The molecule has 2 fully saturated rings. The van der Waals surface area contributed by atoms with E-state index in [1.807, 2.05) is 66.7 Å². The van der Waals surface area contributed by atoms with Crippen molar-refractivity contribution < 1.29 is 42.4 Å². The fourth-order valence-electron chi connectivity index (χ4n) is 5.99. The van der Waals surface area contributed by atoms with Crippen LogP contribution in [0.5, 0.6) is 28.7 Å². The van der Waals surface area contributed by atoms with Crippen molar-refractivity contribution in [2.45, 2.75) is 90.1 Å². The zero-order valence-corrected chi connectivity index (χ0v) is 29.3. The van der Waals surface area contributed by atoms with E-state index in [-0.39, 0.29) is 16.6 Å². The molecule has 6 nitrogen and oxygen atoms in total. The quantitative estimate of drug-likeness (QED) is 0.229. The van der Waals surface area contributed by atoms with Gasteiger partial charge in [-0.1, -0.05) is 30.3 Å². The Hall–Kier alpha value is -4.07. The molecule has 2 N–H and O–H groups in total. The third-order valence-electron chi connectivity index (χ3n) is 8.52. The SMILES string of the molecule is CC(C)(C)c1cccc(C=[N+]2[Co][N+](=Cc3cccc(C(C)(C)C)c3O)C3CCCCC32)c1O.[O-]c1ccc(Oc2ccccc2)cc1. The first-order chi connectivity index (χ1) is 22.3. The van der Waals surface area contributed by atoms with E-state index in [2.05, 4.69) is 61.2 Å². The Morgan fingerprint density at radius 1 is 0.638 bits per heavy atom. The minimum absolute atomic E-state index is 0.00888. The van der Waals surface area contributed by atoms with Gasteiger partial charge in [0.1, 0.15) is 11.5 Å². The van der Waals surface area contributed by atoms with Gasteiger partial charge in [-0.05, 0) is 24.3 Å². The Morgan fingerprint density at radius 2 is 1.09 bits per heavy atom. The molecular weight excluding hydrogens is 631 g/mol. The van der Waals surface area contributed by atoms with Crippen LogP contribution in [0.25, 0.3) is 0 Å². The summed E-state index contributed by atoms with van der Waals surface area (Å²) in [5, 5.41) is 32.8. The molecule has 2 unspecified atom stereocenters. The number of aromatic hydroxyl groups is 2. The number of fused-ring (bicyclic) bond motifs is 1. The van der Waals surface area contributed by atoms with E-state index < -0.39 is 0 Å². The number of ether oxygens (including phenoxy) is 1. The first-order valence-corrected chi connectivity index (χ1v) is 17.3. The van der Waals surface area contributed by atoms with Crippen LogP contribution in [-0.2, 0) is 26.0 Å². The van der Waals surface area contributed by atoms with E-state index in [0.717, 1.165) is 56.0 Å². The van der Waals surface area contributed by atoms with E-state index in [1.165, 1.54) is 25.0 Å². The van der Waals surface area contributed by atoms with Crippen LogP contribution in [0, 0.1) is 0 Å². The maximum Gasteiger partial charge on any atom is 0.127 e. The summed E-state index contributed by atoms with van der Waals surface area (Å²) in [4.78, 5) is 0. The van der Waals surface area contributed by atoms with Crippen LogP contribution < -0.4 is 9.84 Å². The van der Waals surface area contributed by atoms with E-state index in [0.29, 0.717) is 29.3 Å². The van der Waals surface area contributed by atoms with Crippen molar-refractivity contribution in [2.75, 3.05) is 0 Å². The summed E-state index contributed by atoms with van der Waals surface area (Å²) in [7, 11) is 0. The Kier molecular flexibility index (Phi) is 10.5. The normalized spacial score (nSPS) is 19.8. The van der Waals surface area contributed by atoms with Gasteiger partial charge in [0.15, 0.2) is 0 Å². The third kappa shape index (κ3) is 8.45. The van der Waals surface area contributed by atoms with Crippen molar-refractivity contribution in [3.63, 3.8) is 0 Å². The van der Waals surface area contributed by atoms with Crippen LogP contribution in [0.3, 0.4) is 0 Å². The molecule has 1 heterocycles. The summed E-state index contributed by atoms with van der Waals surface area (Å²) < 4.78 is 10.2. The van der Waals surface area contributed by atoms with Crippen LogP contribution in [0.4, 0.5) is 0 Å². The minimum atomic E-state index is -0.112. The summed E-state index contributed by atoms with van der Waals surface area (Å²) >= 11 is 1.10. The number of rotatable bonds is 4. The van der Waals surface area contributed by atoms with Crippen molar-refractivity contribution in [2.24, 2.45) is 0 Å². The van der Waals surface area contributed by atoms with Crippen LogP contribution in [0.15, 0.2) is 91.0 Å². The average Bonchev–Trinajstić information content (AvgIpc) is 3.37. The maximum absolute atomic E-state index is 11.0. The molecule has 0 amide bonds. The molecule has 4 aromatic carbocycles. The van der Waals surface area contributed by atoms with Crippen LogP contribution in [0.1, 0.15) is 89.5 Å². The Balaban J connectivity index is 0.000000257. The largest absolute Gasteiger partial charge is 0.872 e. The molecule has 47 heavy (non-hydrogen) atoms. The number of phenols is 2. The van der Waals surface area contributed by atoms with Gasteiger partial charge in [0, 0.05) is 0 Å². The van der Waals surface area contributed by atoms with E-state index in [4.69, 9.17) is 4.74 Å². The topological polar surface area (TPSA) is 78.8 Å². The van der Waals surface area contributed by atoms with E-state index in [1.54, 1.807) is 12.1 Å². The number of para-hydroxylation sites is 3. The monoisotopic (exact) mass is 678 g/mol. The molecule has 1 saturated heterocycles. The molecule has 2 atom stereocenters. The Labute approximate surface area is 286 Å². The van der Waals surface area contributed by atoms with Gasteiger partial charge in [-0.15, -0.1) is 5.75 Å². The molecule has 0 radical (unpaired) electrons. The van der Waals surface area contributed by atoms with Crippen molar-refractivity contribution in [1.29, 1.82) is 0 Å². The molecule has 0 aromatic heterocycles. The summed E-state index contributed by atoms with van der Waals surface area (Å²) in [6.07, 6.45) is 9.01. The third-order valence-corrected chi connectivity index (χ3v) is 9.96. The van der Waals surface area contributed by atoms with Crippen molar-refractivity contribution in [3.05, 3.63) is 113 Å². The summed E-state index contributed by atoms with van der Waals surface area (Å²) in [5.74, 6) is 2.20. The van der Waals surface area contributed by atoms with Gasteiger partial charge in [0.05, 0.1) is 0 Å². The fourth-order valence-corrected chi connectivity index (χ4v) is 7.61. The van der Waals surface area contributed by atoms with Gasteiger partial charge in [0.2, 0.25) is 0 Å².